The van der Waals surface area contributed by atoms with Crippen molar-refractivity contribution >= 4 is 5.91 Å². The van der Waals surface area contributed by atoms with Gasteiger partial charge in [-0.1, -0.05) is 42.3 Å². The largest absolute Gasteiger partial charge is 0.471 e. The molecule has 1 aromatic carbocycles. The maximum Gasteiger partial charge on any atom is 0.471 e. The zero-order chi connectivity index (χ0) is 17.2. The number of hydrogen-bond acceptors (Lipinski definition) is 4. The molecule has 1 aromatic heterocycles. The molecule has 0 radical (unpaired) electrons. The number of rotatable bonds is 6. The average Bonchev–Trinajstić information content (AvgIpc) is 3.23. The molecule has 1 amide bonds. The van der Waals surface area contributed by atoms with E-state index in [0.717, 1.165) is 12.0 Å². The summed E-state index contributed by atoms with van der Waals surface area (Å²) in [6.45, 7) is 0.379. The Balaban J connectivity index is 1.54. The molecule has 0 spiro atoms. The van der Waals surface area contributed by atoms with E-state index in [1.807, 2.05) is 0 Å². The molecule has 1 heterocycles. The minimum Gasteiger partial charge on any atom is -0.352 e. The maximum absolute atomic E-state index is 12.4. The fraction of sp³-hybridized carbons (Fsp3) is 0.438. The molecular formula is C16H16F3N3O2. The van der Waals surface area contributed by atoms with E-state index in [9.17, 15) is 18.0 Å². The SMILES string of the molecule is O=C(CCC1CC1)NCc1ccc(-c2noc(C(F)(F)F)n2)cc1. The second kappa shape index (κ2) is 6.62. The number of nitrogens with zero attached hydrogens (tertiary/aromatic N) is 2. The van der Waals surface area contributed by atoms with Crippen LogP contribution in [0.4, 0.5) is 13.2 Å². The quantitative estimate of drug-likeness (QED) is 0.874. The van der Waals surface area contributed by atoms with Crippen LogP contribution in [-0.4, -0.2) is 16.0 Å². The van der Waals surface area contributed by atoms with Crippen LogP contribution in [0.5, 0.6) is 0 Å². The highest BCUT2D eigenvalue weighted by Gasteiger charge is 2.38. The highest BCUT2D eigenvalue weighted by Crippen LogP contribution is 2.33. The lowest BCUT2D eigenvalue weighted by atomic mass is 10.1. The lowest BCUT2D eigenvalue weighted by Crippen LogP contribution is -2.22. The van der Waals surface area contributed by atoms with Crippen LogP contribution in [0, 0.1) is 5.92 Å². The van der Waals surface area contributed by atoms with Crippen LogP contribution >= 0.6 is 0 Å². The van der Waals surface area contributed by atoms with Gasteiger partial charge >= 0.3 is 12.1 Å². The van der Waals surface area contributed by atoms with Crippen molar-refractivity contribution in [2.75, 3.05) is 0 Å². The van der Waals surface area contributed by atoms with Gasteiger partial charge in [-0.05, 0) is 17.9 Å². The summed E-state index contributed by atoms with van der Waals surface area (Å²) >= 11 is 0. The third-order valence-electron chi connectivity index (χ3n) is 3.85. The number of amides is 1. The first kappa shape index (κ1) is 16.5. The highest BCUT2D eigenvalue weighted by atomic mass is 19.4. The van der Waals surface area contributed by atoms with E-state index < -0.39 is 12.1 Å². The number of hydrogen-bond donors (Lipinski definition) is 1. The van der Waals surface area contributed by atoms with Crippen LogP contribution in [0.25, 0.3) is 11.4 Å². The van der Waals surface area contributed by atoms with Crippen molar-refractivity contribution in [2.45, 2.75) is 38.4 Å². The fourth-order valence-electron chi connectivity index (χ4n) is 2.26. The van der Waals surface area contributed by atoms with Gasteiger partial charge < -0.3 is 9.84 Å². The summed E-state index contributed by atoms with van der Waals surface area (Å²) in [6, 6.07) is 6.60. The number of carbonyl (C=O) groups excluding carboxylic acids is 1. The van der Waals surface area contributed by atoms with Gasteiger partial charge in [-0.15, -0.1) is 0 Å². The van der Waals surface area contributed by atoms with Gasteiger partial charge in [-0.2, -0.15) is 18.2 Å². The zero-order valence-electron chi connectivity index (χ0n) is 12.8. The summed E-state index contributed by atoms with van der Waals surface area (Å²) in [6.07, 6.45) is -0.742. The van der Waals surface area contributed by atoms with Crippen molar-refractivity contribution < 1.29 is 22.5 Å². The third-order valence-corrected chi connectivity index (χ3v) is 3.85. The lowest BCUT2D eigenvalue weighted by molar-refractivity contribution is -0.159. The topological polar surface area (TPSA) is 68.0 Å². The average molecular weight is 339 g/mol. The van der Waals surface area contributed by atoms with Crippen molar-refractivity contribution in [1.82, 2.24) is 15.5 Å². The number of aromatic nitrogens is 2. The predicted molar refractivity (Wildman–Crippen MR) is 78.5 cm³/mol. The standard InChI is InChI=1S/C16H16F3N3O2/c17-16(18,19)15-21-14(22-24-15)12-6-3-11(4-7-12)9-20-13(23)8-5-10-1-2-10/h3-4,6-7,10H,1-2,5,8-9H2,(H,20,23). The van der Waals surface area contributed by atoms with E-state index >= 15 is 0 Å². The first-order valence-corrected chi connectivity index (χ1v) is 7.69. The van der Waals surface area contributed by atoms with E-state index in [4.69, 9.17) is 0 Å². The Bertz CT molecular complexity index is 706. The number of carbonyl (C=O) groups is 1. The number of nitrogens with one attached hydrogen (secondary N) is 1. The molecule has 2 aromatic rings. The molecule has 1 N–H and O–H groups in total. The van der Waals surface area contributed by atoms with Crippen molar-refractivity contribution in [1.29, 1.82) is 0 Å². The first-order valence-electron chi connectivity index (χ1n) is 7.69. The first-order chi connectivity index (χ1) is 11.4. The Kier molecular flexibility index (Phi) is 4.55. The third kappa shape index (κ3) is 4.33. The molecule has 5 nitrogen and oxygen atoms in total. The van der Waals surface area contributed by atoms with Crippen LogP contribution in [0.1, 0.15) is 37.1 Å². The molecule has 3 rings (SSSR count). The normalized spacial score (nSPS) is 14.6. The zero-order valence-corrected chi connectivity index (χ0v) is 12.8. The van der Waals surface area contributed by atoms with E-state index in [1.54, 1.807) is 24.3 Å². The smallest absolute Gasteiger partial charge is 0.352 e. The summed E-state index contributed by atoms with van der Waals surface area (Å²) in [5.41, 5.74) is 1.26. The van der Waals surface area contributed by atoms with Gasteiger partial charge in [0.25, 0.3) is 0 Å². The predicted octanol–water partition coefficient (Wildman–Crippen LogP) is 3.56. The van der Waals surface area contributed by atoms with Gasteiger partial charge in [-0.25, -0.2) is 0 Å². The van der Waals surface area contributed by atoms with Gasteiger partial charge in [0.05, 0.1) is 0 Å². The number of halogens is 3. The molecular weight excluding hydrogens is 323 g/mol. The van der Waals surface area contributed by atoms with E-state index in [-0.39, 0.29) is 11.7 Å². The van der Waals surface area contributed by atoms with Gasteiger partial charge in [0, 0.05) is 18.5 Å². The van der Waals surface area contributed by atoms with Crippen LogP contribution < -0.4 is 5.32 Å². The monoisotopic (exact) mass is 339 g/mol. The maximum atomic E-state index is 12.4. The van der Waals surface area contributed by atoms with Gasteiger partial charge in [0.2, 0.25) is 11.7 Å². The summed E-state index contributed by atoms with van der Waals surface area (Å²) in [5.74, 6) is -0.766. The fourth-order valence-corrected chi connectivity index (χ4v) is 2.26. The van der Waals surface area contributed by atoms with Crippen molar-refractivity contribution in [3.05, 3.63) is 35.7 Å². The summed E-state index contributed by atoms with van der Waals surface area (Å²) in [5, 5.41) is 6.16. The number of alkyl halides is 3. The minimum absolute atomic E-state index is 0.0129. The summed E-state index contributed by atoms with van der Waals surface area (Å²) in [7, 11) is 0. The van der Waals surface area contributed by atoms with Gasteiger partial charge in [0.1, 0.15) is 0 Å². The van der Waals surface area contributed by atoms with E-state index in [1.165, 1.54) is 12.8 Å². The van der Waals surface area contributed by atoms with Gasteiger partial charge in [0.15, 0.2) is 0 Å². The molecule has 0 atom stereocenters. The van der Waals surface area contributed by atoms with Crippen molar-refractivity contribution in [3.8, 4) is 11.4 Å². The Labute approximate surface area is 136 Å². The van der Waals surface area contributed by atoms with E-state index in [2.05, 4.69) is 20.0 Å². The Morgan fingerprint density at radius 2 is 1.96 bits per heavy atom. The molecule has 8 heteroatoms. The Hall–Kier alpha value is -2.38. The van der Waals surface area contributed by atoms with Crippen LogP contribution in [-0.2, 0) is 17.5 Å². The summed E-state index contributed by atoms with van der Waals surface area (Å²) < 4.78 is 41.5. The molecule has 0 saturated heterocycles. The number of benzene rings is 1. The molecule has 1 aliphatic rings. The lowest BCUT2D eigenvalue weighted by Gasteiger charge is -2.05. The molecule has 0 aliphatic heterocycles. The molecule has 128 valence electrons. The summed E-state index contributed by atoms with van der Waals surface area (Å²) in [4.78, 5) is 15.0. The molecule has 1 saturated carbocycles. The molecule has 0 bridgehead atoms. The van der Waals surface area contributed by atoms with Crippen LogP contribution in [0.2, 0.25) is 0 Å². The molecule has 1 aliphatic carbocycles. The van der Waals surface area contributed by atoms with Gasteiger partial charge in [-0.3, -0.25) is 4.79 Å². The highest BCUT2D eigenvalue weighted by molar-refractivity contribution is 5.75. The van der Waals surface area contributed by atoms with Crippen LogP contribution in [0.3, 0.4) is 0 Å². The van der Waals surface area contributed by atoms with Crippen molar-refractivity contribution in [3.63, 3.8) is 0 Å². The van der Waals surface area contributed by atoms with Crippen molar-refractivity contribution in [2.24, 2.45) is 5.92 Å². The molecule has 0 unspecified atom stereocenters. The second-order valence-electron chi connectivity index (χ2n) is 5.88. The Morgan fingerprint density at radius 1 is 1.25 bits per heavy atom. The van der Waals surface area contributed by atoms with E-state index in [0.29, 0.717) is 24.4 Å². The molecule has 1 fully saturated rings. The molecule has 24 heavy (non-hydrogen) atoms. The van der Waals surface area contributed by atoms with Crippen LogP contribution in [0.15, 0.2) is 28.8 Å². The minimum atomic E-state index is -4.66. The Morgan fingerprint density at radius 3 is 2.54 bits per heavy atom. The second-order valence-corrected chi connectivity index (χ2v) is 5.88.